The second kappa shape index (κ2) is 12.8. The van der Waals surface area contributed by atoms with Crippen LogP contribution in [0.15, 0.2) is 54.1 Å². The number of thiazole rings is 1. The number of ether oxygens (including phenoxy) is 3. The van der Waals surface area contributed by atoms with Gasteiger partial charge in [-0.1, -0.05) is 48.9 Å². The SMILES string of the molecule is CCCCOc1ccc(C2/C(=C(\O)c3cccc(OCC)c3)C(=O)C(=O)N2c2nc(C)c(C(=O)OCC)s2)cc1. The molecule has 1 unspecified atom stereocenters. The molecule has 0 spiro atoms. The lowest BCUT2D eigenvalue weighted by molar-refractivity contribution is -0.132. The van der Waals surface area contributed by atoms with Gasteiger partial charge in [-0.25, -0.2) is 9.78 Å². The number of nitrogens with zero attached hydrogens (tertiary/aromatic N) is 2. The summed E-state index contributed by atoms with van der Waals surface area (Å²) in [5, 5.41) is 11.6. The molecule has 0 radical (unpaired) electrons. The number of rotatable bonds is 11. The number of hydrogen-bond donors (Lipinski definition) is 1. The lowest BCUT2D eigenvalue weighted by Gasteiger charge is -2.23. The number of aryl methyl sites for hydroxylation is 1. The number of carbonyl (C=O) groups is 3. The molecule has 1 atom stereocenters. The highest BCUT2D eigenvalue weighted by Gasteiger charge is 2.48. The Balaban J connectivity index is 1.84. The van der Waals surface area contributed by atoms with Crippen molar-refractivity contribution < 1.29 is 33.7 Å². The third-order valence-corrected chi connectivity index (χ3v) is 7.41. The highest BCUT2D eigenvalue weighted by Crippen LogP contribution is 2.44. The molecule has 40 heavy (non-hydrogen) atoms. The van der Waals surface area contributed by atoms with Gasteiger partial charge in [0.05, 0.1) is 37.1 Å². The summed E-state index contributed by atoms with van der Waals surface area (Å²) in [7, 11) is 0. The minimum atomic E-state index is -0.999. The summed E-state index contributed by atoms with van der Waals surface area (Å²) in [6, 6.07) is 12.7. The Labute approximate surface area is 237 Å². The van der Waals surface area contributed by atoms with Crippen LogP contribution in [-0.2, 0) is 14.3 Å². The number of Topliss-reactive ketones (excluding diaryl/α,β-unsaturated/α-hetero) is 1. The predicted molar refractivity (Wildman–Crippen MR) is 152 cm³/mol. The summed E-state index contributed by atoms with van der Waals surface area (Å²) in [4.78, 5) is 45.4. The first-order valence-corrected chi connectivity index (χ1v) is 14.0. The van der Waals surface area contributed by atoms with Gasteiger partial charge in [0.1, 0.15) is 22.1 Å². The lowest BCUT2D eigenvalue weighted by atomic mass is 9.95. The first-order chi connectivity index (χ1) is 19.3. The molecule has 9 nitrogen and oxygen atoms in total. The number of hydrogen-bond acceptors (Lipinski definition) is 9. The van der Waals surface area contributed by atoms with E-state index >= 15 is 0 Å². The lowest BCUT2D eigenvalue weighted by Crippen LogP contribution is -2.29. The maximum absolute atomic E-state index is 13.5. The second-order valence-corrected chi connectivity index (χ2v) is 10.0. The zero-order valence-electron chi connectivity index (χ0n) is 22.9. The largest absolute Gasteiger partial charge is 0.507 e. The topological polar surface area (TPSA) is 115 Å². The normalized spacial score (nSPS) is 16.3. The Morgan fingerprint density at radius 3 is 2.45 bits per heavy atom. The van der Waals surface area contributed by atoms with E-state index in [0.29, 0.717) is 41.5 Å². The van der Waals surface area contributed by atoms with Crippen molar-refractivity contribution in [2.24, 2.45) is 0 Å². The van der Waals surface area contributed by atoms with Crippen LogP contribution in [0.1, 0.15) is 66.1 Å². The maximum atomic E-state index is 13.5. The Hall–Kier alpha value is -4.18. The van der Waals surface area contributed by atoms with E-state index in [2.05, 4.69) is 11.9 Å². The van der Waals surface area contributed by atoms with Crippen LogP contribution in [0.3, 0.4) is 0 Å². The van der Waals surface area contributed by atoms with Gasteiger partial charge in [-0.2, -0.15) is 0 Å². The van der Waals surface area contributed by atoms with Gasteiger partial charge in [-0.3, -0.25) is 14.5 Å². The number of unbranched alkanes of at least 4 members (excludes halogenated alkanes) is 1. The summed E-state index contributed by atoms with van der Waals surface area (Å²) in [6.07, 6.45) is 1.91. The van der Waals surface area contributed by atoms with Crippen molar-refractivity contribution in [1.82, 2.24) is 4.98 Å². The molecule has 4 rings (SSSR count). The molecule has 3 aromatic rings. The zero-order chi connectivity index (χ0) is 28.8. The molecule has 10 heteroatoms. The Morgan fingerprint density at radius 2 is 1.77 bits per heavy atom. The van der Waals surface area contributed by atoms with Gasteiger partial charge in [0, 0.05) is 5.56 Å². The molecular weight excluding hydrogens is 532 g/mol. The van der Waals surface area contributed by atoms with Crippen molar-refractivity contribution in [3.8, 4) is 11.5 Å². The van der Waals surface area contributed by atoms with Crippen molar-refractivity contribution >= 4 is 39.9 Å². The highest BCUT2D eigenvalue weighted by atomic mass is 32.1. The third kappa shape index (κ3) is 5.86. The van der Waals surface area contributed by atoms with Crippen LogP contribution >= 0.6 is 11.3 Å². The molecule has 1 aromatic heterocycles. The summed E-state index contributed by atoms with van der Waals surface area (Å²) in [5.41, 5.74) is 1.18. The van der Waals surface area contributed by atoms with E-state index < -0.39 is 23.7 Å². The maximum Gasteiger partial charge on any atom is 0.350 e. The summed E-state index contributed by atoms with van der Waals surface area (Å²) < 4.78 is 16.5. The van der Waals surface area contributed by atoms with Crippen LogP contribution in [0.2, 0.25) is 0 Å². The van der Waals surface area contributed by atoms with Gasteiger partial charge < -0.3 is 19.3 Å². The number of aliphatic hydroxyl groups is 1. The molecule has 1 aliphatic heterocycles. The predicted octanol–water partition coefficient (Wildman–Crippen LogP) is 5.83. The van der Waals surface area contributed by atoms with Crippen molar-refractivity contribution in [3.63, 3.8) is 0 Å². The monoisotopic (exact) mass is 564 g/mol. The van der Waals surface area contributed by atoms with Crippen molar-refractivity contribution in [1.29, 1.82) is 0 Å². The summed E-state index contributed by atoms with van der Waals surface area (Å²) >= 11 is 0.963. The number of ketones is 1. The first-order valence-electron chi connectivity index (χ1n) is 13.2. The van der Waals surface area contributed by atoms with Gasteiger partial charge in [0.2, 0.25) is 0 Å². The molecule has 210 valence electrons. The Bertz CT molecular complexity index is 1430. The van der Waals surface area contributed by atoms with Gasteiger partial charge in [0.15, 0.2) is 5.13 Å². The minimum Gasteiger partial charge on any atom is -0.507 e. The van der Waals surface area contributed by atoms with Crippen LogP contribution < -0.4 is 14.4 Å². The van der Waals surface area contributed by atoms with Crippen LogP contribution in [0.5, 0.6) is 11.5 Å². The molecule has 0 aliphatic carbocycles. The van der Waals surface area contributed by atoms with Gasteiger partial charge in [-0.15, -0.1) is 0 Å². The average molecular weight is 565 g/mol. The van der Waals surface area contributed by atoms with Crippen LogP contribution in [0.25, 0.3) is 5.76 Å². The molecular formula is C30H32N2O7S. The molecule has 1 saturated heterocycles. The molecule has 1 fully saturated rings. The average Bonchev–Trinajstić information content (AvgIpc) is 3.46. The highest BCUT2D eigenvalue weighted by molar-refractivity contribution is 7.17. The fraction of sp³-hybridized carbons (Fsp3) is 0.333. The van der Waals surface area contributed by atoms with Crippen LogP contribution in [0.4, 0.5) is 5.13 Å². The van der Waals surface area contributed by atoms with Gasteiger partial charge in [0.25, 0.3) is 5.78 Å². The Kier molecular flexibility index (Phi) is 9.21. The van der Waals surface area contributed by atoms with Crippen molar-refractivity contribution in [2.45, 2.75) is 46.6 Å². The second-order valence-electron chi connectivity index (χ2n) is 9.03. The molecule has 1 N–H and O–H groups in total. The van der Waals surface area contributed by atoms with E-state index in [-0.39, 0.29) is 27.9 Å². The number of carbonyl (C=O) groups excluding carboxylic acids is 3. The number of amides is 1. The van der Waals surface area contributed by atoms with Crippen LogP contribution in [-0.4, -0.2) is 47.6 Å². The molecule has 1 aliphatic rings. The number of esters is 1. The zero-order valence-corrected chi connectivity index (χ0v) is 23.7. The fourth-order valence-corrected chi connectivity index (χ4v) is 5.34. The van der Waals surface area contributed by atoms with E-state index in [1.165, 1.54) is 4.90 Å². The molecule has 2 aromatic carbocycles. The first kappa shape index (κ1) is 28.8. The molecule has 1 amide bonds. The number of aromatic nitrogens is 1. The van der Waals surface area contributed by atoms with Crippen molar-refractivity contribution in [2.75, 3.05) is 24.7 Å². The van der Waals surface area contributed by atoms with E-state index in [0.717, 1.165) is 24.2 Å². The van der Waals surface area contributed by atoms with Gasteiger partial charge in [-0.05, 0) is 57.0 Å². The quantitative estimate of drug-likeness (QED) is 0.102. The fourth-order valence-electron chi connectivity index (χ4n) is 4.35. The van der Waals surface area contributed by atoms with E-state index in [1.807, 2.05) is 6.92 Å². The van der Waals surface area contributed by atoms with Crippen molar-refractivity contribution in [3.05, 3.63) is 75.8 Å². The van der Waals surface area contributed by atoms with Crippen LogP contribution in [0, 0.1) is 6.92 Å². The summed E-state index contributed by atoms with van der Waals surface area (Å²) in [5.74, 6) is -1.46. The number of aliphatic hydroxyl groups excluding tert-OH is 1. The molecule has 0 saturated carbocycles. The van der Waals surface area contributed by atoms with E-state index in [4.69, 9.17) is 14.2 Å². The van der Waals surface area contributed by atoms with E-state index in [1.54, 1.807) is 62.4 Å². The number of anilines is 1. The molecule has 2 heterocycles. The van der Waals surface area contributed by atoms with Gasteiger partial charge >= 0.3 is 11.9 Å². The molecule has 0 bridgehead atoms. The Morgan fingerprint density at radius 1 is 1.02 bits per heavy atom. The summed E-state index contributed by atoms with van der Waals surface area (Å²) in [6.45, 7) is 8.43. The smallest absolute Gasteiger partial charge is 0.350 e. The van der Waals surface area contributed by atoms with E-state index in [9.17, 15) is 19.5 Å². The standard InChI is InChI=1S/C30H32N2O7S/c1-5-8-16-39-21-14-12-19(13-15-21)24-23(25(33)20-10-9-11-22(17-20)37-6-2)26(34)28(35)32(24)30-31-18(4)27(40-30)29(36)38-7-3/h9-15,17,24,33H,5-8,16H2,1-4H3/b25-23+. The third-order valence-electron chi connectivity index (χ3n) is 6.28. The number of benzene rings is 2. The minimum absolute atomic E-state index is 0.0937.